The lowest BCUT2D eigenvalue weighted by molar-refractivity contribution is -0.134. The van der Waals surface area contributed by atoms with Crippen molar-refractivity contribution in [2.24, 2.45) is 0 Å². The van der Waals surface area contributed by atoms with Gasteiger partial charge < -0.3 is 9.97 Å². The van der Waals surface area contributed by atoms with Crippen LogP contribution in [-0.4, -0.2) is 57.5 Å². The number of alkyl halides is 3. The highest BCUT2D eigenvalue weighted by molar-refractivity contribution is 5.86. The number of hydrogen-bond acceptors (Lipinski definition) is 2. The normalized spacial score (nSPS) is 21.1. The first-order valence-corrected chi connectivity index (χ1v) is 11.9. The monoisotopic (exact) mass is 466 g/mol. The molecule has 4 aromatic rings. The Balaban J connectivity index is 1.38. The van der Waals surface area contributed by atoms with Crippen LogP contribution in [0.4, 0.5) is 13.2 Å². The van der Waals surface area contributed by atoms with Crippen molar-refractivity contribution in [3.63, 3.8) is 0 Å². The van der Waals surface area contributed by atoms with E-state index >= 15 is 0 Å². The smallest absolute Gasteiger partial charge is 0.272 e. The van der Waals surface area contributed by atoms with Gasteiger partial charge in [0.2, 0.25) is 0 Å². The maximum Gasteiger partial charge on any atom is 0.272 e. The van der Waals surface area contributed by atoms with Crippen molar-refractivity contribution in [1.82, 2.24) is 19.8 Å². The third-order valence-electron chi connectivity index (χ3n) is 7.03. The number of aromatic amines is 2. The van der Waals surface area contributed by atoms with Crippen LogP contribution in [0.1, 0.15) is 42.4 Å². The van der Waals surface area contributed by atoms with Gasteiger partial charge in [-0.25, -0.2) is 13.2 Å². The van der Waals surface area contributed by atoms with Gasteiger partial charge in [-0.3, -0.25) is 9.80 Å². The van der Waals surface area contributed by atoms with E-state index in [0.29, 0.717) is 13.1 Å². The zero-order chi connectivity index (χ0) is 23.7. The minimum atomic E-state index is -2.56. The molecule has 0 aliphatic carbocycles. The average molecular weight is 467 g/mol. The van der Waals surface area contributed by atoms with Gasteiger partial charge in [-0.2, -0.15) is 0 Å². The summed E-state index contributed by atoms with van der Waals surface area (Å²) in [6.07, 6.45) is 0.878. The summed E-state index contributed by atoms with van der Waals surface area (Å²) in [5.41, 5.74) is 5.25. The Labute approximate surface area is 196 Å². The van der Waals surface area contributed by atoms with Crippen LogP contribution in [0.2, 0.25) is 0 Å². The lowest BCUT2D eigenvalue weighted by Gasteiger charge is -2.38. The predicted molar refractivity (Wildman–Crippen MR) is 129 cm³/mol. The van der Waals surface area contributed by atoms with E-state index in [9.17, 15) is 13.2 Å². The van der Waals surface area contributed by atoms with E-state index in [1.807, 2.05) is 12.1 Å². The van der Waals surface area contributed by atoms with Crippen molar-refractivity contribution in [3.8, 4) is 0 Å². The molecule has 2 aromatic carbocycles. The third kappa shape index (κ3) is 3.91. The molecule has 0 radical (unpaired) electrons. The van der Waals surface area contributed by atoms with Crippen molar-refractivity contribution in [1.29, 1.82) is 0 Å². The maximum absolute atomic E-state index is 14.8. The Morgan fingerprint density at radius 1 is 1.03 bits per heavy atom. The maximum atomic E-state index is 14.8. The van der Waals surface area contributed by atoms with Gasteiger partial charge in [-0.05, 0) is 55.7 Å². The Morgan fingerprint density at radius 3 is 2.59 bits per heavy atom. The number of nitrogens with zero attached hydrogens (tertiary/aromatic N) is 2. The average Bonchev–Trinajstić information content (AvgIpc) is 3.31. The zero-order valence-electron chi connectivity index (χ0n) is 19.5. The molecule has 4 heterocycles. The summed E-state index contributed by atoms with van der Waals surface area (Å²) in [6, 6.07) is 16.6. The fourth-order valence-electron chi connectivity index (χ4n) is 5.75. The molecule has 4 nitrogen and oxygen atoms in total. The van der Waals surface area contributed by atoms with Gasteiger partial charge in [0.05, 0.1) is 19.1 Å². The standard InChI is InChI=1S/C27H29F3N4/c1-26(2,28)14-34-10-9-21-20-5-3-4-6-23(20)32-24(21)25(34)17-7-8-22-18(11-17)12-19(31-22)13-33-15-27(29,30)16-33/h3-8,11-12,25,31-32H,9-10,13-16H2,1-2H3. The van der Waals surface area contributed by atoms with E-state index in [1.54, 1.807) is 18.7 Å². The first-order valence-electron chi connectivity index (χ1n) is 11.9. The lowest BCUT2D eigenvalue weighted by Crippen LogP contribution is -2.55. The number of benzene rings is 2. The molecule has 0 spiro atoms. The molecule has 34 heavy (non-hydrogen) atoms. The highest BCUT2D eigenvalue weighted by Gasteiger charge is 2.43. The molecule has 0 saturated carbocycles. The minimum Gasteiger partial charge on any atom is -0.357 e. The molecule has 6 rings (SSSR count). The first kappa shape index (κ1) is 21.7. The fourth-order valence-corrected chi connectivity index (χ4v) is 5.75. The molecule has 2 aliphatic heterocycles. The van der Waals surface area contributed by atoms with Crippen molar-refractivity contribution in [2.75, 3.05) is 26.2 Å². The summed E-state index contributed by atoms with van der Waals surface area (Å²) in [5.74, 6) is -2.56. The van der Waals surface area contributed by atoms with Crippen LogP contribution < -0.4 is 0 Å². The summed E-state index contributed by atoms with van der Waals surface area (Å²) < 4.78 is 41.2. The van der Waals surface area contributed by atoms with Gasteiger partial charge in [0.1, 0.15) is 5.67 Å². The second-order valence-electron chi connectivity index (χ2n) is 10.5. The van der Waals surface area contributed by atoms with Crippen LogP contribution >= 0.6 is 0 Å². The number of H-pyrrole nitrogens is 2. The summed E-state index contributed by atoms with van der Waals surface area (Å²) in [5, 5.41) is 2.28. The van der Waals surface area contributed by atoms with Crippen molar-refractivity contribution in [3.05, 3.63) is 71.0 Å². The largest absolute Gasteiger partial charge is 0.357 e. The second kappa shape index (κ2) is 7.62. The Kier molecular flexibility index (Phi) is 4.87. The number of para-hydroxylation sites is 1. The number of aromatic nitrogens is 2. The highest BCUT2D eigenvalue weighted by Crippen LogP contribution is 2.40. The number of likely N-dealkylation sites (tertiary alicyclic amines) is 1. The van der Waals surface area contributed by atoms with Crippen LogP contribution in [0.5, 0.6) is 0 Å². The van der Waals surface area contributed by atoms with Gasteiger partial charge in [-0.1, -0.05) is 24.3 Å². The minimum absolute atomic E-state index is 0.0806. The van der Waals surface area contributed by atoms with Crippen LogP contribution in [0.3, 0.4) is 0 Å². The van der Waals surface area contributed by atoms with E-state index in [0.717, 1.165) is 46.3 Å². The quantitative estimate of drug-likeness (QED) is 0.390. The molecule has 2 aliphatic rings. The highest BCUT2D eigenvalue weighted by atomic mass is 19.3. The van der Waals surface area contributed by atoms with E-state index in [2.05, 4.69) is 51.3 Å². The molecular weight excluding hydrogens is 437 g/mol. The molecule has 1 atom stereocenters. The lowest BCUT2D eigenvalue weighted by atomic mass is 9.91. The molecule has 2 N–H and O–H groups in total. The molecule has 1 fully saturated rings. The Hall–Kier alpha value is -2.77. The number of hydrogen-bond donors (Lipinski definition) is 2. The van der Waals surface area contributed by atoms with Crippen molar-refractivity contribution >= 4 is 21.8 Å². The topological polar surface area (TPSA) is 38.1 Å². The Bertz CT molecular complexity index is 1360. The van der Waals surface area contributed by atoms with Crippen LogP contribution in [0, 0.1) is 0 Å². The predicted octanol–water partition coefficient (Wildman–Crippen LogP) is 5.80. The number of rotatable bonds is 5. The van der Waals surface area contributed by atoms with Gasteiger partial charge >= 0.3 is 0 Å². The molecule has 0 amide bonds. The third-order valence-corrected chi connectivity index (χ3v) is 7.03. The van der Waals surface area contributed by atoms with E-state index in [4.69, 9.17) is 0 Å². The molecule has 7 heteroatoms. The molecule has 178 valence electrons. The molecule has 1 saturated heterocycles. The summed E-state index contributed by atoms with van der Waals surface area (Å²) >= 11 is 0. The SMILES string of the molecule is CC(C)(F)CN1CCc2c([nH]c3ccccc23)C1c1ccc2[nH]c(CN3CC(F)(F)C3)cc2c1. The van der Waals surface area contributed by atoms with Crippen LogP contribution in [-0.2, 0) is 13.0 Å². The number of halogens is 3. The van der Waals surface area contributed by atoms with E-state index < -0.39 is 11.6 Å². The van der Waals surface area contributed by atoms with Gasteiger partial charge in [0, 0.05) is 52.8 Å². The van der Waals surface area contributed by atoms with Gasteiger partial charge in [0.15, 0.2) is 0 Å². The molecule has 2 aromatic heterocycles. The summed E-state index contributed by atoms with van der Waals surface area (Å²) in [6.45, 7) is 4.49. The number of nitrogens with one attached hydrogen (secondary N) is 2. The molecule has 1 unspecified atom stereocenters. The van der Waals surface area contributed by atoms with E-state index in [-0.39, 0.29) is 19.1 Å². The van der Waals surface area contributed by atoms with E-state index in [1.165, 1.54) is 10.9 Å². The number of fused-ring (bicyclic) bond motifs is 4. The van der Waals surface area contributed by atoms with Crippen molar-refractivity contribution in [2.45, 2.75) is 44.4 Å². The summed E-state index contributed by atoms with van der Waals surface area (Å²) in [4.78, 5) is 11.0. The van der Waals surface area contributed by atoms with Crippen molar-refractivity contribution < 1.29 is 13.2 Å². The van der Waals surface area contributed by atoms with Gasteiger partial charge in [-0.15, -0.1) is 0 Å². The first-order chi connectivity index (χ1) is 16.2. The van der Waals surface area contributed by atoms with Crippen LogP contribution in [0.25, 0.3) is 21.8 Å². The fraction of sp³-hybridized carbons (Fsp3) is 0.407. The Morgan fingerprint density at radius 2 is 1.82 bits per heavy atom. The van der Waals surface area contributed by atoms with Gasteiger partial charge in [0.25, 0.3) is 5.92 Å². The second-order valence-corrected chi connectivity index (χ2v) is 10.5. The van der Waals surface area contributed by atoms with Crippen LogP contribution in [0.15, 0.2) is 48.5 Å². The summed E-state index contributed by atoms with van der Waals surface area (Å²) in [7, 11) is 0. The molecular formula is C27H29F3N4. The zero-order valence-corrected chi connectivity index (χ0v) is 19.5. The molecule has 0 bridgehead atoms.